The second-order valence-corrected chi connectivity index (χ2v) is 8.32. The second-order valence-electron chi connectivity index (χ2n) is 7.94. The number of hydrogen-bond acceptors (Lipinski definition) is 4. The first-order chi connectivity index (χ1) is 15.4. The lowest BCUT2D eigenvalue weighted by Crippen LogP contribution is -2.30. The summed E-state index contributed by atoms with van der Waals surface area (Å²) in [5, 5.41) is 7.01. The maximum Gasteiger partial charge on any atom is 0.250 e. The molecule has 4 rings (SSSR count). The molecule has 2 aromatic heterocycles. The standard InChI is InChI=1S/C24H27N5O2S/c1-15-13-17(9-10-18(15)26-21(30)14-31-4)29-23(20-11-8-16(2)28(20)3)22(27-24(29)32)19-7-5-6-12-25-19/h5-13,22-23H,14H2,1-4H3,(H,26,30)(H,27,32)/t22-,23+/m0/s1. The minimum atomic E-state index is -0.186. The number of rotatable bonds is 6. The van der Waals surface area contributed by atoms with Gasteiger partial charge < -0.3 is 24.8 Å². The number of carbonyl (C=O) groups is 1. The molecule has 1 amide bonds. The van der Waals surface area contributed by atoms with Gasteiger partial charge in [-0.25, -0.2) is 0 Å². The molecule has 2 N–H and O–H groups in total. The van der Waals surface area contributed by atoms with Crippen LogP contribution in [0.1, 0.15) is 34.7 Å². The van der Waals surface area contributed by atoms with Crippen LogP contribution in [0.5, 0.6) is 0 Å². The van der Waals surface area contributed by atoms with Crippen LogP contribution in [-0.2, 0) is 16.6 Å². The highest BCUT2D eigenvalue weighted by Crippen LogP contribution is 2.42. The molecule has 0 bridgehead atoms. The van der Waals surface area contributed by atoms with Crippen molar-refractivity contribution in [3.63, 3.8) is 0 Å². The number of methoxy groups -OCH3 is 1. The summed E-state index contributed by atoms with van der Waals surface area (Å²) in [4.78, 5) is 18.7. The zero-order valence-corrected chi connectivity index (χ0v) is 19.4. The van der Waals surface area contributed by atoms with Crippen molar-refractivity contribution < 1.29 is 9.53 Å². The molecule has 1 aliphatic heterocycles. The van der Waals surface area contributed by atoms with Crippen LogP contribution in [-0.4, -0.2) is 34.3 Å². The molecule has 1 saturated heterocycles. The number of thiocarbonyl (C=S) groups is 1. The fraction of sp³-hybridized carbons (Fsp3) is 0.292. The summed E-state index contributed by atoms with van der Waals surface area (Å²) < 4.78 is 7.10. The third-order valence-electron chi connectivity index (χ3n) is 5.85. The first-order valence-corrected chi connectivity index (χ1v) is 10.8. The van der Waals surface area contributed by atoms with Crippen LogP contribution in [0.3, 0.4) is 0 Å². The van der Waals surface area contributed by atoms with E-state index in [0.717, 1.165) is 28.3 Å². The van der Waals surface area contributed by atoms with Crippen molar-refractivity contribution in [2.24, 2.45) is 7.05 Å². The fourth-order valence-electron chi connectivity index (χ4n) is 4.12. The molecular weight excluding hydrogens is 422 g/mol. The van der Waals surface area contributed by atoms with Crippen molar-refractivity contribution in [2.75, 3.05) is 23.9 Å². The second kappa shape index (κ2) is 9.10. The van der Waals surface area contributed by atoms with E-state index in [1.807, 2.05) is 43.3 Å². The van der Waals surface area contributed by atoms with E-state index in [0.29, 0.717) is 5.11 Å². The predicted molar refractivity (Wildman–Crippen MR) is 130 cm³/mol. The van der Waals surface area contributed by atoms with Gasteiger partial charge in [0.1, 0.15) is 12.6 Å². The third kappa shape index (κ3) is 4.11. The Labute approximate surface area is 193 Å². The van der Waals surface area contributed by atoms with Crippen molar-refractivity contribution in [2.45, 2.75) is 25.9 Å². The molecule has 166 valence electrons. The number of pyridine rings is 1. The number of nitrogens with zero attached hydrogens (tertiary/aromatic N) is 3. The van der Waals surface area contributed by atoms with Gasteiger partial charge in [-0.05, 0) is 74.1 Å². The number of aromatic nitrogens is 2. The monoisotopic (exact) mass is 449 g/mol. The molecule has 7 nitrogen and oxygen atoms in total. The van der Waals surface area contributed by atoms with Gasteiger partial charge in [-0.3, -0.25) is 9.78 Å². The highest BCUT2D eigenvalue weighted by molar-refractivity contribution is 7.80. The zero-order chi connectivity index (χ0) is 22.8. The van der Waals surface area contributed by atoms with Gasteiger partial charge in [-0.1, -0.05) is 6.07 Å². The first kappa shape index (κ1) is 22.0. The Kier molecular flexibility index (Phi) is 6.25. The fourth-order valence-corrected chi connectivity index (χ4v) is 4.46. The summed E-state index contributed by atoms with van der Waals surface area (Å²) in [6.07, 6.45) is 1.80. The van der Waals surface area contributed by atoms with Gasteiger partial charge >= 0.3 is 0 Å². The van der Waals surface area contributed by atoms with Crippen LogP contribution in [0.25, 0.3) is 0 Å². The van der Waals surface area contributed by atoms with Crippen LogP contribution in [0, 0.1) is 13.8 Å². The Morgan fingerprint density at radius 3 is 2.66 bits per heavy atom. The Morgan fingerprint density at radius 1 is 1.22 bits per heavy atom. The van der Waals surface area contributed by atoms with Crippen molar-refractivity contribution in [1.82, 2.24) is 14.9 Å². The van der Waals surface area contributed by atoms with Crippen LogP contribution in [0.15, 0.2) is 54.7 Å². The lowest BCUT2D eigenvalue weighted by Gasteiger charge is -2.29. The van der Waals surface area contributed by atoms with E-state index in [9.17, 15) is 4.79 Å². The number of carbonyl (C=O) groups excluding carboxylic acids is 1. The average molecular weight is 450 g/mol. The van der Waals surface area contributed by atoms with Gasteiger partial charge in [-0.2, -0.15) is 0 Å². The SMILES string of the molecule is COCC(=O)Nc1ccc(N2C(=S)N[C@@H](c3ccccn3)[C@H]2c2ccc(C)n2C)cc1C. The molecule has 1 aliphatic rings. The molecule has 2 atom stereocenters. The van der Waals surface area contributed by atoms with E-state index in [4.69, 9.17) is 17.0 Å². The Balaban J connectivity index is 1.74. The summed E-state index contributed by atoms with van der Waals surface area (Å²) in [7, 11) is 3.57. The predicted octanol–water partition coefficient (Wildman–Crippen LogP) is 3.80. The summed E-state index contributed by atoms with van der Waals surface area (Å²) in [5.41, 5.74) is 5.89. The number of aryl methyl sites for hydroxylation is 2. The molecule has 1 aromatic carbocycles. The number of amides is 1. The molecule has 0 unspecified atom stereocenters. The van der Waals surface area contributed by atoms with Gasteiger partial charge in [0.05, 0.1) is 11.7 Å². The summed E-state index contributed by atoms with van der Waals surface area (Å²) in [5.74, 6) is -0.186. The number of benzene rings is 1. The molecule has 3 heterocycles. The van der Waals surface area contributed by atoms with Crippen molar-refractivity contribution in [3.05, 3.63) is 77.4 Å². The Bertz CT molecular complexity index is 1140. The van der Waals surface area contributed by atoms with Crippen LogP contribution in [0.2, 0.25) is 0 Å². The van der Waals surface area contributed by atoms with Crippen molar-refractivity contribution >= 4 is 34.6 Å². The highest BCUT2D eigenvalue weighted by atomic mass is 32.1. The number of hydrogen-bond donors (Lipinski definition) is 2. The molecule has 0 radical (unpaired) electrons. The smallest absolute Gasteiger partial charge is 0.250 e. The van der Waals surface area contributed by atoms with Gasteiger partial charge in [0.2, 0.25) is 5.91 Å². The molecular formula is C24H27N5O2S. The van der Waals surface area contributed by atoms with Crippen LogP contribution < -0.4 is 15.5 Å². The van der Waals surface area contributed by atoms with Gasteiger partial charge in [-0.15, -0.1) is 0 Å². The minimum absolute atomic E-state index is 0.0159. The number of nitrogens with one attached hydrogen (secondary N) is 2. The summed E-state index contributed by atoms with van der Waals surface area (Å²) in [6.45, 7) is 4.07. The lowest BCUT2D eigenvalue weighted by molar-refractivity contribution is -0.119. The van der Waals surface area contributed by atoms with Gasteiger partial charge in [0, 0.05) is 43.1 Å². The van der Waals surface area contributed by atoms with E-state index in [1.165, 1.54) is 12.8 Å². The van der Waals surface area contributed by atoms with E-state index in [1.54, 1.807) is 6.20 Å². The first-order valence-electron chi connectivity index (χ1n) is 10.4. The van der Waals surface area contributed by atoms with E-state index >= 15 is 0 Å². The molecule has 1 fully saturated rings. The lowest BCUT2D eigenvalue weighted by atomic mass is 10.0. The summed E-state index contributed by atoms with van der Waals surface area (Å²) >= 11 is 5.80. The van der Waals surface area contributed by atoms with E-state index < -0.39 is 0 Å². The topological polar surface area (TPSA) is 71.4 Å². The number of ether oxygens (including phenoxy) is 1. The Morgan fingerprint density at radius 2 is 2.03 bits per heavy atom. The molecule has 8 heteroatoms. The molecule has 0 aliphatic carbocycles. The molecule has 32 heavy (non-hydrogen) atoms. The number of anilines is 2. The zero-order valence-electron chi connectivity index (χ0n) is 18.6. The Hall–Kier alpha value is -3.23. The molecule has 0 saturated carbocycles. The van der Waals surface area contributed by atoms with Crippen molar-refractivity contribution in [1.29, 1.82) is 0 Å². The van der Waals surface area contributed by atoms with Crippen LogP contribution in [0.4, 0.5) is 11.4 Å². The van der Waals surface area contributed by atoms with E-state index in [2.05, 4.69) is 51.2 Å². The molecule has 0 spiro atoms. The quantitative estimate of drug-likeness (QED) is 0.558. The van der Waals surface area contributed by atoms with Gasteiger partial charge in [0.25, 0.3) is 0 Å². The summed E-state index contributed by atoms with van der Waals surface area (Å²) in [6, 6.07) is 15.9. The largest absolute Gasteiger partial charge is 0.375 e. The normalized spacial score (nSPS) is 18.0. The van der Waals surface area contributed by atoms with Crippen molar-refractivity contribution in [3.8, 4) is 0 Å². The van der Waals surface area contributed by atoms with Crippen LogP contribution >= 0.6 is 12.2 Å². The maximum absolute atomic E-state index is 11.9. The molecule has 3 aromatic rings. The van der Waals surface area contributed by atoms with E-state index in [-0.39, 0.29) is 24.6 Å². The third-order valence-corrected chi connectivity index (χ3v) is 6.17. The minimum Gasteiger partial charge on any atom is -0.375 e. The average Bonchev–Trinajstić information content (AvgIpc) is 3.29. The highest BCUT2D eigenvalue weighted by Gasteiger charge is 2.42. The van der Waals surface area contributed by atoms with Gasteiger partial charge in [0.15, 0.2) is 5.11 Å². The maximum atomic E-state index is 11.9.